The number of aliphatic carboxylic acids is 1. The molecule has 2 nitrogen and oxygen atoms in total. The van der Waals surface area contributed by atoms with Gasteiger partial charge in [0.2, 0.25) is 0 Å². The minimum atomic E-state index is -0.566. The van der Waals surface area contributed by atoms with Crippen LogP contribution in [0, 0.1) is 22.7 Å². The fourth-order valence-corrected chi connectivity index (χ4v) is 3.31. The molecule has 2 fully saturated rings. The third kappa shape index (κ3) is 1.91. The third-order valence-corrected chi connectivity index (χ3v) is 4.69. The Hall–Kier alpha value is -0.530. The smallest absolute Gasteiger partial charge is 0.307 e. The van der Waals surface area contributed by atoms with Gasteiger partial charge in [0, 0.05) is 0 Å². The summed E-state index contributed by atoms with van der Waals surface area (Å²) < 4.78 is 0. The first kappa shape index (κ1) is 11.0. The quantitative estimate of drug-likeness (QED) is 0.721. The van der Waals surface area contributed by atoms with Gasteiger partial charge >= 0.3 is 5.97 Å². The van der Waals surface area contributed by atoms with Crippen molar-refractivity contribution in [3.05, 3.63) is 0 Å². The van der Waals surface area contributed by atoms with Crippen LogP contribution in [0.1, 0.15) is 52.9 Å². The highest BCUT2D eigenvalue weighted by molar-refractivity contribution is 5.74. The number of hydrogen-bond acceptors (Lipinski definition) is 1. The molecule has 0 bridgehead atoms. The highest BCUT2D eigenvalue weighted by Gasteiger charge is 2.59. The molecular weight excluding hydrogens is 188 g/mol. The SMILES string of the molecule is CC(C)(C)C1CCC2(CC1)C[C@H]2C(=O)O. The molecular formula is C13H22O2. The zero-order valence-corrected chi connectivity index (χ0v) is 10.0. The zero-order chi connectivity index (χ0) is 11.3. The van der Waals surface area contributed by atoms with Gasteiger partial charge in [-0.15, -0.1) is 0 Å². The molecule has 86 valence electrons. The maximum Gasteiger partial charge on any atom is 0.307 e. The molecule has 15 heavy (non-hydrogen) atoms. The van der Waals surface area contributed by atoms with Crippen molar-refractivity contribution in [1.29, 1.82) is 0 Å². The van der Waals surface area contributed by atoms with Crippen LogP contribution < -0.4 is 0 Å². The summed E-state index contributed by atoms with van der Waals surface area (Å²) in [5.74, 6) is 0.209. The molecule has 2 saturated carbocycles. The summed E-state index contributed by atoms with van der Waals surface area (Å²) in [5.41, 5.74) is 0.614. The van der Waals surface area contributed by atoms with Crippen LogP contribution in [0.5, 0.6) is 0 Å². The molecule has 0 aromatic carbocycles. The Labute approximate surface area is 92.1 Å². The standard InChI is InChI=1S/C13H22O2/c1-12(2,3)9-4-6-13(7-5-9)8-10(13)11(14)15/h9-10H,4-8H2,1-3H3,(H,14,15)/t9?,10-,13?/m0/s1. The van der Waals surface area contributed by atoms with E-state index in [1.807, 2.05) is 0 Å². The van der Waals surface area contributed by atoms with Crippen LogP contribution in [0.4, 0.5) is 0 Å². The number of carbonyl (C=O) groups is 1. The predicted molar refractivity (Wildman–Crippen MR) is 59.6 cm³/mol. The second-order valence-electron chi connectivity index (χ2n) is 6.60. The van der Waals surface area contributed by atoms with Gasteiger partial charge in [0.15, 0.2) is 0 Å². The van der Waals surface area contributed by atoms with E-state index in [4.69, 9.17) is 5.11 Å². The second-order valence-corrected chi connectivity index (χ2v) is 6.60. The van der Waals surface area contributed by atoms with Crippen molar-refractivity contribution in [2.75, 3.05) is 0 Å². The predicted octanol–water partition coefficient (Wildman–Crippen LogP) is 3.31. The van der Waals surface area contributed by atoms with Crippen molar-refractivity contribution >= 4 is 5.97 Å². The van der Waals surface area contributed by atoms with Crippen molar-refractivity contribution in [2.24, 2.45) is 22.7 Å². The van der Waals surface area contributed by atoms with Crippen LogP contribution in [-0.2, 0) is 4.79 Å². The molecule has 2 heteroatoms. The first-order chi connectivity index (χ1) is 6.85. The van der Waals surface area contributed by atoms with E-state index in [2.05, 4.69) is 20.8 Å². The highest BCUT2D eigenvalue weighted by atomic mass is 16.4. The van der Waals surface area contributed by atoms with Crippen molar-refractivity contribution in [3.8, 4) is 0 Å². The summed E-state index contributed by atoms with van der Waals surface area (Å²) >= 11 is 0. The van der Waals surface area contributed by atoms with Gasteiger partial charge in [0.1, 0.15) is 0 Å². The van der Waals surface area contributed by atoms with Crippen molar-refractivity contribution in [2.45, 2.75) is 52.9 Å². The maximum absolute atomic E-state index is 10.9. The molecule has 0 aromatic heterocycles. The average molecular weight is 210 g/mol. The molecule has 0 heterocycles. The van der Waals surface area contributed by atoms with Gasteiger partial charge in [0.05, 0.1) is 5.92 Å². The number of carboxylic acids is 1. The monoisotopic (exact) mass is 210 g/mol. The molecule has 0 unspecified atom stereocenters. The number of carboxylic acid groups (broad SMARTS) is 1. The Kier molecular flexibility index (Phi) is 2.36. The molecule has 0 aliphatic heterocycles. The molecule has 0 saturated heterocycles. The van der Waals surface area contributed by atoms with Crippen molar-refractivity contribution < 1.29 is 9.90 Å². The minimum Gasteiger partial charge on any atom is -0.481 e. The molecule has 2 rings (SSSR count). The van der Waals surface area contributed by atoms with Crippen LogP contribution in [-0.4, -0.2) is 11.1 Å². The van der Waals surface area contributed by atoms with E-state index in [0.717, 1.165) is 25.2 Å². The summed E-state index contributed by atoms with van der Waals surface area (Å²) in [6, 6.07) is 0. The molecule has 0 aromatic rings. The fourth-order valence-electron chi connectivity index (χ4n) is 3.31. The van der Waals surface area contributed by atoms with Crippen LogP contribution >= 0.6 is 0 Å². The zero-order valence-electron chi connectivity index (χ0n) is 10.0. The van der Waals surface area contributed by atoms with Gasteiger partial charge in [-0.05, 0) is 48.9 Å². The normalized spacial score (nSPS) is 40.5. The number of hydrogen-bond donors (Lipinski definition) is 1. The van der Waals surface area contributed by atoms with Crippen LogP contribution in [0.3, 0.4) is 0 Å². The van der Waals surface area contributed by atoms with Gasteiger partial charge < -0.3 is 5.11 Å². The summed E-state index contributed by atoms with van der Waals surface area (Å²) in [7, 11) is 0. The summed E-state index contributed by atoms with van der Waals surface area (Å²) in [6.07, 6.45) is 5.69. The largest absolute Gasteiger partial charge is 0.481 e. The maximum atomic E-state index is 10.9. The Bertz CT molecular complexity index is 267. The lowest BCUT2D eigenvalue weighted by Crippen LogP contribution is -2.27. The lowest BCUT2D eigenvalue weighted by atomic mass is 9.68. The Morgan fingerprint density at radius 1 is 1.27 bits per heavy atom. The topological polar surface area (TPSA) is 37.3 Å². The second kappa shape index (κ2) is 3.23. The first-order valence-electron chi connectivity index (χ1n) is 6.08. The first-order valence-corrected chi connectivity index (χ1v) is 6.08. The van der Waals surface area contributed by atoms with E-state index in [1.165, 1.54) is 12.8 Å². The van der Waals surface area contributed by atoms with E-state index in [1.54, 1.807) is 0 Å². The lowest BCUT2D eigenvalue weighted by molar-refractivity contribution is -0.139. The van der Waals surface area contributed by atoms with E-state index < -0.39 is 5.97 Å². The van der Waals surface area contributed by atoms with Gasteiger partial charge in [-0.1, -0.05) is 20.8 Å². The van der Waals surface area contributed by atoms with Crippen LogP contribution in [0.25, 0.3) is 0 Å². The highest BCUT2D eigenvalue weighted by Crippen LogP contribution is 2.63. The molecule has 0 amide bonds. The molecule has 2 aliphatic carbocycles. The van der Waals surface area contributed by atoms with Gasteiger partial charge in [-0.3, -0.25) is 4.79 Å². The van der Waals surface area contributed by atoms with E-state index in [0.29, 0.717) is 5.41 Å². The molecule has 0 radical (unpaired) electrons. The third-order valence-electron chi connectivity index (χ3n) is 4.69. The average Bonchev–Trinajstić information content (AvgIpc) is 2.79. The number of rotatable bonds is 1. The summed E-state index contributed by atoms with van der Waals surface area (Å²) in [5, 5.41) is 9.00. The van der Waals surface area contributed by atoms with E-state index in [9.17, 15) is 4.79 Å². The van der Waals surface area contributed by atoms with Crippen LogP contribution in [0.2, 0.25) is 0 Å². The Balaban J connectivity index is 1.92. The molecule has 2 aliphatic rings. The molecule has 1 spiro atoms. The van der Waals surface area contributed by atoms with Crippen LogP contribution in [0.15, 0.2) is 0 Å². The van der Waals surface area contributed by atoms with Gasteiger partial charge in [-0.2, -0.15) is 0 Å². The Morgan fingerprint density at radius 2 is 1.80 bits per heavy atom. The summed E-state index contributed by atoms with van der Waals surface area (Å²) in [6.45, 7) is 6.91. The van der Waals surface area contributed by atoms with E-state index >= 15 is 0 Å². The van der Waals surface area contributed by atoms with Gasteiger partial charge in [-0.25, -0.2) is 0 Å². The Morgan fingerprint density at radius 3 is 2.13 bits per heavy atom. The lowest BCUT2D eigenvalue weighted by Gasteiger charge is -2.37. The molecule has 1 N–H and O–H groups in total. The summed E-state index contributed by atoms with van der Waals surface area (Å²) in [4.78, 5) is 10.9. The van der Waals surface area contributed by atoms with Crippen molar-refractivity contribution in [1.82, 2.24) is 0 Å². The van der Waals surface area contributed by atoms with Gasteiger partial charge in [0.25, 0.3) is 0 Å². The fraction of sp³-hybridized carbons (Fsp3) is 0.923. The molecule has 1 atom stereocenters. The van der Waals surface area contributed by atoms with Crippen molar-refractivity contribution in [3.63, 3.8) is 0 Å². The minimum absolute atomic E-state index is 0.0154. The van der Waals surface area contributed by atoms with E-state index in [-0.39, 0.29) is 11.3 Å².